The van der Waals surface area contributed by atoms with Gasteiger partial charge in [0.15, 0.2) is 0 Å². The van der Waals surface area contributed by atoms with Gasteiger partial charge in [0.1, 0.15) is 17.8 Å². The van der Waals surface area contributed by atoms with Gasteiger partial charge in [-0.15, -0.1) is 0 Å². The number of carboxylic acids is 1. The molecule has 3 rings (SSSR count). The van der Waals surface area contributed by atoms with Crippen LogP contribution in [0.4, 0.5) is 0 Å². The predicted molar refractivity (Wildman–Crippen MR) is 146 cm³/mol. The molecule has 39 heavy (non-hydrogen) atoms. The molecule has 0 saturated heterocycles. The van der Waals surface area contributed by atoms with Gasteiger partial charge in [-0.2, -0.15) is 0 Å². The summed E-state index contributed by atoms with van der Waals surface area (Å²) in [5, 5.41) is 27.8. The summed E-state index contributed by atoms with van der Waals surface area (Å²) in [7, 11) is 0. The molecule has 3 atom stereocenters. The van der Waals surface area contributed by atoms with E-state index in [0.29, 0.717) is 12.0 Å². The summed E-state index contributed by atoms with van der Waals surface area (Å²) in [6.45, 7) is 3.45. The number of aliphatic carboxylic acids is 1. The van der Waals surface area contributed by atoms with Crippen LogP contribution in [0.5, 0.6) is 5.75 Å². The molecular formula is C28H35N5O6. The van der Waals surface area contributed by atoms with Crippen molar-refractivity contribution < 1.29 is 29.4 Å². The zero-order chi connectivity index (χ0) is 28.5. The van der Waals surface area contributed by atoms with E-state index in [1.54, 1.807) is 18.3 Å². The number of carbonyl (C=O) groups excluding carboxylic acids is 3. The number of nitrogens with two attached hydrogens (primary N) is 1. The van der Waals surface area contributed by atoms with Gasteiger partial charge in [0.2, 0.25) is 17.7 Å². The summed E-state index contributed by atoms with van der Waals surface area (Å²) in [6, 6.07) is 10.3. The van der Waals surface area contributed by atoms with Gasteiger partial charge in [-0.05, 0) is 41.7 Å². The minimum Gasteiger partial charge on any atom is -0.508 e. The van der Waals surface area contributed by atoms with E-state index in [2.05, 4.69) is 20.9 Å². The van der Waals surface area contributed by atoms with Crippen molar-refractivity contribution in [3.63, 3.8) is 0 Å². The van der Waals surface area contributed by atoms with Crippen LogP contribution in [0, 0.1) is 5.92 Å². The van der Waals surface area contributed by atoms with Gasteiger partial charge in [-0.25, -0.2) is 4.79 Å². The number of fused-ring (bicyclic) bond motifs is 1. The van der Waals surface area contributed by atoms with Crippen molar-refractivity contribution in [2.45, 2.75) is 51.2 Å². The number of nitrogens with one attached hydrogen (secondary N) is 4. The molecule has 1 aromatic heterocycles. The molecule has 0 aliphatic rings. The van der Waals surface area contributed by atoms with E-state index in [-0.39, 0.29) is 24.5 Å². The number of hydrogen-bond acceptors (Lipinski definition) is 6. The van der Waals surface area contributed by atoms with Gasteiger partial charge in [0.05, 0.1) is 12.6 Å². The van der Waals surface area contributed by atoms with Crippen LogP contribution in [-0.2, 0) is 32.0 Å². The van der Waals surface area contributed by atoms with E-state index >= 15 is 0 Å². The van der Waals surface area contributed by atoms with Crippen molar-refractivity contribution >= 4 is 34.6 Å². The van der Waals surface area contributed by atoms with Gasteiger partial charge in [0, 0.05) is 29.9 Å². The maximum Gasteiger partial charge on any atom is 0.326 e. The lowest BCUT2D eigenvalue weighted by Gasteiger charge is -2.22. The number of aromatic amines is 1. The monoisotopic (exact) mass is 537 g/mol. The molecule has 2 aromatic carbocycles. The number of aromatic hydroxyl groups is 1. The molecule has 3 amide bonds. The van der Waals surface area contributed by atoms with Crippen molar-refractivity contribution in [1.29, 1.82) is 0 Å². The minimum absolute atomic E-state index is 0.0226. The van der Waals surface area contributed by atoms with Gasteiger partial charge in [0.25, 0.3) is 0 Å². The number of phenols is 1. The molecule has 0 fully saturated rings. The fourth-order valence-electron chi connectivity index (χ4n) is 4.23. The maximum atomic E-state index is 13.3. The zero-order valence-corrected chi connectivity index (χ0v) is 21.9. The first-order valence-electron chi connectivity index (χ1n) is 12.7. The highest BCUT2D eigenvalue weighted by atomic mass is 16.4. The fraction of sp³-hybridized carbons (Fsp3) is 0.357. The number of para-hydroxylation sites is 1. The second kappa shape index (κ2) is 13.4. The molecule has 3 aromatic rings. The molecule has 11 nitrogen and oxygen atoms in total. The van der Waals surface area contributed by atoms with Crippen LogP contribution in [0.3, 0.4) is 0 Å². The third kappa shape index (κ3) is 8.57. The average Bonchev–Trinajstić information content (AvgIpc) is 3.30. The van der Waals surface area contributed by atoms with Crippen molar-refractivity contribution in [3.05, 3.63) is 65.9 Å². The van der Waals surface area contributed by atoms with Crippen molar-refractivity contribution in [1.82, 2.24) is 20.9 Å². The number of rotatable bonds is 13. The number of aromatic nitrogens is 1. The highest BCUT2D eigenvalue weighted by molar-refractivity contribution is 5.93. The van der Waals surface area contributed by atoms with E-state index in [9.17, 15) is 29.4 Å². The summed E-state index contributed by atoms with van der Waals surface area (Å²) >= 11 is 0. The number of benzene rings is 2. The maximum absolute atomic E-state index is 13.3. The Morgan fingerprint density at radius 3 is 2.28 bits per heavy atom. The third-order valence-corrected chi connectivity index (χ3v) is 6.23. The van der Waals surface area contributed by atoms with E-state index < -0.39 is 48.4 Å². The number of hydrogen-bond donors (Lipinski definition) is 7. The Labute approximate surface area is 226 Å². The number of carbonyl (C=O) groups is 4. The van der Waals surface area contributed by atoms with E-state index in [0.717, 1.165) is 16.5 Å². The van der Waals surface area contributed by atoms with Crippen molar-refractivity contribution in [2.24, 2.45) is 11.7 Å². The van der Waals surface area contributed by atoms with E-state index in [1.165, 1.54) is 12.1 Å². The molecule has 8 N–H and O–H groups in total. The van der Waals surface area contributed by atoms with Crippen molar-refractivity contribution in [2.75, 3.05) is 6.54 Å². The highest BCUT2D eigenvalue weighted by Crippen LogP contribution is 2.19. The average molecular weight is 538 g/mol. The zero-order valence-electron chi connectivity index (χ0n) is 21.9. The molecule has 0 saturated carbocycles. The van der Waals surface area contributed by atoms with Crippen LogP contribution in [0.15, 0.2) is 54.7 Å². The Hall–Kier alpha value is -4.38. The molecule has 0 aliphatic carbocycles. The summed E-state index contributed by atoms with van der Waals surface area (Å²) in [4.78, 5) is 53.3. The van der Waals surface area contributed by atoms with Crippen molar-refractivity contribution in [3.8, 4) is 5.75 Å². The summed E-state index contributed by atoms with van der Waals surface area (Å²) in [6.07, 6.45) is 2.20. The topological polar surface area (TPSA) is 187 Å². The highest BCUT2D eigenvalue weighted by Gasteiger charge is 2.28. The number of amides is 3. The van der Waals surface area contributed by atoms with Crippen LogP contribution in [0.25, 0.3) is 10.9 Å². The quantitative estimate of drug-likeness (QED) is 0.171. The molecule has 0 bridgehead atoms. The van der Waals surface area contributed by atoms with Gasteiger partial charge in [-0.3, -0.25) is 14.4 Å². The lowest BCUT2D eigenvalue weighted by atomic mass is 10.0. The largest absolute Gasteiger partial charge is 0.508 e. The Kier molecular flexibility index (Phi) is 10.0. The Morgan fingerprint density at radius 2 is 1.62 bits per heavy atom. The molecule has 1 heterocycles. The number of phenolic OH excluding ortho intramolecular Hbond substituents is 1. The molecule has 0 radical (unpaired) electrons. The first kappa shape index (κ1) is 29.2. The SMILES string of the molecule is CC(C)CC(N)C(=O)NCC(=O)NC(Cc1ccc(O)cc1)C(=O)NC(Cc1c[nH]c2ccccc12)C(=O)O. The first-order valence-corrected chi connectivity index (χ1v) is 12.7. The lowest BCUT2D eigenvalue weighted by Crippen LogP contribution is -2.54. The van der Waals surface area contributed by atoms with Crippen LogP contribution < -0.4 is 21.7 Å². The summed E-state index contributed by atoms with van der Waals surface area (Å²) < 4.78 is 0. The third-order valence-electron chi connectivity index (χ3n) is 6.23. The number of H-pyrrole nitrogens is 1. The summed E-state index contributed by atoms with van der Waals surface area (Å²) in [5.74, 6) is -2.81. The van der Waals surface area contributed by atoms with E-state index in [1.807, 2.05) is 38.1 Å². The molecule has 0 aliphatic heterocycles. The van der Waals surface area contributed by atoms with Gasteiger partial charge >= 0.3 is 5.97 Å². The van der Waals surface area contributed by atoms with Crippen LogP contribution in [-0.4, -0.2) is 63.6 Å². The predicted octanol–water partition coefficient (Wildman–Crippen LogP) is 1.20. The second-order valence-corrected chi connectivity index (χ2v) is 9.91. The molecule has 3 unspecified atom stereocenters. The Bertz CT molecular complexity index is 1300. The molecule has 11 heteroatoms. The first-order chi connectivity index (χ1) is 18.5. The van der Waals surface area contributed by atoms with Gasteiger partial charge in [-0.1, -0.05) is 44.2 Å². The van der Waals surface area contributed by atoms with Crippen LogP contribution in [0.2, 0.25) is 0 Å². The van der Waals surface area contributed by atoms with Crippen LogP contribution in [0.1, 0.15) is 31.4 Å². The molecule has 0 spiro atoms. The fourth-order valence-corrected chi connectivity index (χ4v) is 4.23. The standard InChI is InChI=1S/C28H35N5O6/c1-16(2)11-21(29)26(36)31-15-25(35)32-23(12-17-7-9-19(34)10-8-17)27(37)33-24(28(38)39)13-18-14-30-22-6-4-3-5-20(18)22/h3-10,14,16,21,23-24,30,34H,11-13,15,29H2,1-2H3,(H,31,36)(H,32,35)(H,33,37)(H,38,39). The minimum atomic E-state index is -1.26. The summed E-state index contributed by atoms with van der Waals surface area (Å²) in [5.41, 5.74) is 8.04. The Morgan fingerprint density at radius 1 is 0.923 bits per heavy atom. The number of carboxylic acid groups (broad SMARTS) is 1. The lowest BCUT2D eigenvalue weighted by molar-refractivity contribution is -0.142. The smallest absolute Gasteiger partial charge is 0.326 e. The van der Waals surface area contributed by atoms with E-state index in [4.69, 9.17) is 5.73 Å². The Balaban J connectivity index is 1.71. The molecule has 208 valence electrons. The molecular weight excluding hydrogens is 502 g/mol. The second-order valence-electron chi connectivity index (χ2n) is 9.91. The van der Waals surface area contributed by atoms with Crippen LogP contribution >= 0.6 is 0 Å². The van der Waals surface area contributed by atoms with Gasteiger partial charge < -0.3 is 36.9 Å². The normalized spacial score (nSPS) is 13.4.